The Labute approximate surface area is 107 Å². The van der Waals surface area contributed by atoms with Gasteiger partial charge in [0.2, 0.25) is 0 Å². The van der Waals surface area contributed by atoms with Gasteiger partial charge in [-0.1, -0.05) is 0 Å². The molecule has 18 heavy (non-hydrogen) atoms. The lowest BCUT2D eigenvalue weighted by molar-refractivity contribution is -0.146. The minimum atomic E-state index is -1.25. The summed E-state index contributed by atoms with van der Waals surface area (Å²) in [6, 6.07) is -0.447. The van der Waals surface area contributed by atoms with Gasteiger partial charge in [0.05, 0.1) is 19.8 Å². The highest BCUT2D eigenvalue weighted by molar-refractivity contribution is 5.85. The summed E-state index contributed by atoms with van der Waals surface area (Å²) in [4.78, 5) is 23.8. The van der Waals surface area contributed by atoms with Crippen molar-refractivity contribution < 1.29 is 24.2 Å². The van der Waals surface area contributed by atoms with Gasteiger partial charge in [-0.3, -0.25) is 0 Å². The molecule has 0 saturated heterocycles. The average Bonchev–Trinajstić information content (AvgIpc) is 2.32. The first-order valence-electron chi connectivity index (χ1n) is 5.65. The fourth-order valence-corrected chi connectivity index (χ4v) is 0.990. The van der Waals surface area contributed by atoms with Crippen LogP contribution in [0.3, 0.4) is 0 Å². The quantitative estimate of drug-likeness (QED) is 0.608. The molecule has 0 aliphatic carbocycles. The Kier molecular flexibility index (Phi) is 7.30. The maximum Gasteiger partial charge on any atom is 0.329 e. The van der Waals surface area contributed by atoms with Crippen molar-refractivity contribution in [1.82, 2.24) is 10.2 Å². The molecule has 0 saturated carbocycles. The van der Waals surface area contributed by atoms with E-state index in [0.29, 0.717) is 26.4 Å². The number of carboxylic acids is 1. The summed E-state index contributed by atoms with van der Waals surface area (Å²) >= 11 is 0. The van der Waals surface area contributed by atoms with Gasteiger partial charge in [-0.25, -0.2) is 9.59 Å². The van der Waals surface area contributed by atoms with Gasteiger partial charge in [-0.05, 0) is 13.8 Å². The molecule has 0 atom stereocenters. The molecule has 7 nitrogen and oxygen atoms in total. The number of nitrogens with zero attached hydrogens (tertiary/aromatic N) is 1. The third kappa shape index (κ3) is 5.33. The Morgan fingerprint density at radius 1 is 1.28 bits per heavy atom. The van der Waals surface area contributed by atoms with Crippen LogP contribution >= 0.6 is 0 Å². The van der Waals surface area contributed by atoms with E-state index in [0.717, 1.165) is 4.90 Å². The molecule has 0 spiro atoms. The molecule has 0 bridgehead atoms. The third-order valence-electron chi connectivity index (χ3n) is 2.62. The van der Waals surface area contributed by atoms with Gasteiger partial charge >= 0.3 is 12.0 Å². The number of likely N-dealkylation sites (N-methyl/N-ethyl adjacent to an activating group) is 1. The number of amides is 2. The Hall–Kier alpha value is -1.34. The van der Waals surface area contributed by atoms with Crippen molar-refractivity contribution in [2.24, 2.45) is 0 Å². The minimum Gasteiger partial charge on any atom is -0.480 e. The van der Waals surface area contributed by atoms with Gasteiger partial charge in [-0.2, -0.15) is 0 Å². The number of nitrogens with one attached hydrogen (secondary N) is 1. The van der Waals surface area contributed by atoms with Crippen LogP contribution in [0, 0.1) is 0 Å². The lowest BCUT2D eigenvalue weighted by Gasteiger charge is -2.31. The van der Waals surface area contributed by atoms with E-state index in [-0.39, 0.29) is 0 Å². The number of rotatable bonds is 8. The van der Waals surface area contributed by atoms with Crippen molar-refractivity contribution in [2.75, 3.05) is 40.5 Å². The minimum absolute atomic E-state index is 0.322. The SMILES string of the molecule is COCCOCCNC(=O)N(C)C(C)(C)C(=O)O. The molecule has 0 aliphatic heterocycles. The number of urea groups is 1. The van der Waals surface area contributed by atoms with Gasteiger partial charge in [0.15, 0.2) is 0 Å². The van der Waals surface area contributed by atoms with Crippen LogP contribution in [0.15, 0.2) is 0 Å². The van der Waals surface area contributed by atoms with Crippen molar-refractivity contribution in [2.45, 2.75) is 19.4 Å². The summed E-state index contributed by atoms with van der Waals surface area (Å²) in [5.74, 6) is -1.06. The van der Waals surface area contributed by atoms with E-state index in [1.807, 2.05) is 0 Å². The van der Waals surface area contributed by atoms with E-state index < -0.39 is 17.5 Å². The summed E-state index contributed by atoms with van der Waals surface area (Å²) in [6.45, 7) is 4.57. The van der Waals surface area contributed by atoms with E-state index in [1.54, 1.807) is 7.11 Å². The van der Waals surface area contributed by atoms with Gasteiger partial charge in [0.1, 0.15) is 5.54 Å². The predicted octanol–water partition coefficient (Wildman–Crippen LogP) is 0.154. The molecule has 0 fully saturated rings. The van der Waals surface area contributed by atoms with Crippen LogP contribution in [0.25, 0.3) is 0 Å². The first-order chi connectivity index (χ1) is 8.34. The van der Waals surface area contributed by atoms with Gasteiger partial charge < -0.3 is 24.8 Å². The lowest BCUT2D eigenvalue weighted by atomic mass is 10.1. The first-order valence-corrected chi connectivity index (χ1v) is 5.65. The molecule has 0 aromatic carbocycles. The highest BCUT2D eigenvalue weighted by Gasteiger charge is 2.34. The van der Waals surface area contributed by atoms with Crippen LogP contribution in [0.1, 0.15) is 13.8 Å². The van der Waals surface area contributed by atoms with Crippen LogP contribution in [0.4, 0.5) is 4.79 Å². The highest BCUT2D eigenvalue weighted by Crippen LogP contribution is 2.11. The third-order valence-corrected chi connectivity index (χ3v) is 2.62. The largest absolute Gasteiger partial charge is 0.480 e. The molecule has 0 unspecified atom stereocenters. The summed E-state index contributed by atoms with van der Waals surface area (Å²) in [5, 5.41) is 11.5. The van der Waals surface area contributed by atoms with Crippen LogP contribution in [0.2, 0.25) is 0 Å². The van der Waals surface area contributed by atoms with E-state index in [2.05, 4.69) is 5.32 Å². The normalized spacial score (nSPS) is 11.1. The number of carbonyl (C=O) groups excluding carboxylic acids is 1. The van der Waals surface area contributed by atoms with E-state index >= 15 is 0 Å². The Morgan fingerprint density at radius 3 is 2.39 bits per heavy atom. The summed E-state index contributed by atoms with van der Waals surface area (Å²) < 4.78 is 9.96. The van der Waals surface area contributed by atoms with Gasteiger partial charge in [0, 0.05) is 20.7 Å². The Balaban J connectivity index is 3.92. The summed E-state index contributed by atoms with van der Waals surface area (Å²) in [5.41, 5.74) is -1.25. The first kappa shape index (κ1) is 16.7. The number of methoxy groups -OCH3 is 1. The number of hydrogen-bond acceptors (Lipinski definition) is 4. The van der Waals surface area contributed by atoms with E-state index in [9.17, 15) is 9.59 Å². The second-order valence-corrected chi connectivity index (χ2v) is 4.26. The monoisotopic (exact) mass is 262 g/mol. The number of ether oxygens (including phenoxy) is 2. The molecule has 7 heteroatoms. The fourth-order valence-electron chi connectivity index (χ4n) is 0.990. The molecule has 2 amide bonds. The fraction of sp³-hybridized carbons (Fsp3) is 0.818. The second kappa shape index (κ2) is 7.88. The summed E-state index contributed by atoms with van der Waals surface area (Å²) in [6.07, 6.45) is 0. The molecule has 2 N–H and O–H groups in total. The van der Waals surface area contributed by atoms with Crippen LogP contribution < -0.4 is 5.32 Å². The molecule has 0 heterocycles. The number of aliphatic carboxylic acids is 1. The molecule has 0 aliphatic rings. The van der Waals surface area contributed by atoms with Crippen LogP contribution in [-0.4, -0.2) is 68.1 Å². The van der Waals surface area contributed by atoms with Crippen LogP contribution in [-0.2, 0) is 14.3 Å². The zero-order chi connectivity index (χ0) is 14.2. The zero-order valence-corrected chi connectivity index (χ0v) is 11.4. The molecule has 106 valence electrons. The summed E-state index contributed by atoms with van der Waals surface area (Å²) in [7, 11) is 3.02. The average molecular weight is 262 g/mol. The van der Waals surface area contributed by atoms with E-state index in [1.165, 1.54) is 20.9 Å². The van der Waals surface area contributed by atoms with Crippen molar-refractivity contribution in [3.8, 4) is 0 Å². The number of hydrogen-bond donors (Lipinski definition) is 2. The molecule has 0 rings (SSSR count). The van der Waals surface area contributed by atoms with E-state index in [4.69, 9.17) is 14.6 Å². The van der Waals surface area contributed by atoms with Crippen molar-refractivity contribution in [1.29, 1.82) is 0 Å². The molecule has 0 aromatic heterocycles. The van der Waals surface area contributed by atoms with Crippen molar-refractivity contribution in [3.05, 3.63) is 0 Å². The Bertz CT molecular complexity index is 281. The maximum atomic E-state index is 11.7. The lowest BCUT2D eigenvalue weighted by Crippen LogP contribution is -2.54. The standard InChI is InChI=1S/C11H22N2O5/c1-11(2,9(14)15)13(3)10(16)12-5-6-18-8-7-17-4/h5-8H2,1-4H3,(H,12,16)(H,14,15). The topological polar surface area (TPSA) is 88.1 Å². The van der Waals surface area contributed by atoms with Crippen LogP contribution in [0.5, 0.6) is 0 Å². The zero-order valence-electron chi connectivity index (χ0n) is 11.4. The molecule has 0 radical (unpaired) electrons. The van der Waals surface area contributed by atoms with Crippen molar-refractivity contribution in [3.63, 3.8) is 0 Å². The predicted molar refractivity (Wildman–Crippen MR) is 65.6 cm³/mol. The molecular weight excluding hydrogens is 240 g/mol. The Morgan fingerprint density at radius 2 is 1.89 bits per heavy atom. The second-order valence-electron chi connectivity index (χ2n) is 4.26. The number of carbonyl (C=O) groups is 2. The molecule has 0 aromatic rings. The number of carboxylic acid groups (broad SMARTS) is 1. The molecular formula is C11H22N2O5. The smallest absolute Gasteiger partial charge is 0.329 e. The highest BCUT2D eigenvalue weighted by atomic mass is 16.5. The maximum absolute atomic E-state index is 11.7. The van der Waals surface area contributed by atoms with Crippen molar-refractivity contribution >= 4 is 12.0 Å². The van der Waals surface area contributed by atoms with Gasteiger partial charge in [-0.15, -0.1) is 0 Å². The van der Waals surface area contributed by atoms with Gasteiger partial charge in [0.25, 0.3) is 0 Å².